The highest BCUT2D eigenvalue weighted by atomic mass is 16.3. The summed E-state index contributed by atoms with van der Waals surface area (Å²) in [6, 6.07) is 103. The molecular formula is C70H47NO. The van der Waals surface area contributed by atoms with Crippen molar-refractivity contribution in [3.63, 3.8) is 0 Å². The zero-order valence-electron chi connectivity index (χ0n) is 39.5. The van der Waals surface area contributed by atoms with Crippen molar-refractivity contribution >= 4 is 49.6 Å². The molecule has 0 aliphatic carbocycles. The topological polar surface area (TPSA) is 16.4 Å². The summed E-state index contributed by atoms with van der Waals surface area (Å²) >= 11 is 0. The molecule has 0 N–H and O–H groups in total. The number of furan rings is 1. The average molecular weight is 918 g/mol. The van der Waals surface area contributed by atoms with Gasteiger partial charge in [0.1, 0.15) is 11.3 Å². The molecule has 0 bridgehead atoms. The molecule has 0 fully saturated rings. The number of rotatable bonds is 10. The minimum absolute atomic E-state index is 0.866. The van der Waals surface area contributed by atoms with Gasteiger partial charge in [0.25, 0.3) is 0 Å². The Morgan fingerprint density at radius 3 is 1.06 bits per heavy atom. The molecule has 1 heterocycles. The number of hydrogen-bond donors (Lipinski definition) is 0. The first-order chi connectivity index (χ1) is 35.7. The van der Waals surface area contributed by atoms with E-state index in [1.807, 2.05) is 0 Å². The molecule has 338 valence electrons. The highest BCUT2D eigenvalue weighted by molar-refractivity contribution is 6.30. The molecule has 0 amide bonds. The van der Waals surface area contributed by atoms with Crippen LogP contribution >= 0.6 is 0 Å². The molecule has 72 heavy (non-hydrogen) atoms. The summed E-state index contributed by atoms with van der Waals surface area (Å²) in [5.74, 6) is 0.866. The lowest BCUT2D eigenvalue weighted by Crippen LogP contribution is -2.09. The Kier molecular flexibility index (Phi) is 10.9. The first-order valence-electron chi connectivity index (χ1n) is 24.7. The molecule has 1 aromatic heterocycles. The molecule has 0 aliphatic heterocycles. The summed E-state index contributed by atoms with van der Waals surface area (Å²) in [6.07, 6.45) is 0. The van der Waals surface area contributed by atoms with Crippen molar-refractivity contribution in [2.24, 2.45) is 0 Å². The van der Waals surface area contributed by atoms with E-state index in [9.17, 15) is 0 Å². The molecule has 0 aliphatic rings. The first kappa shape index (κ1) is 42.6. The van der Waals surface area contributed by atoms with Gasteiger partial charge in [0, 0.05) is 39.0 Å². The fraction of sp³-hybridized carbons (Fsp3) is 0. The van der Waals surface area contributed by atoms with E-state index in [1.165, 1.54) is 33.2 Å². The van der Waals surface area contributed by atoms with E-state index in [-0.39, 0.29) is 0 Å². The van der Waals surface area contributed by atoms with Crippen LogP contribution in [0.5, 0.6) is 0 Å². The fourth-order valence-corrected chi connectivity index (χ4v) is 10.6. The average Bonchev–Trinajstić information content (AvgIpc) is 3.88. The maximum atomic E-state index is 7.33. The second-order valence-electron chi connectivity index (χ2n) is 18.4. The van der Waals surface area contributed by atoms with E-state index in [2.05, 4.69) is 290 Å². The second kappa shape index (κ2) is 18.4. The summed E-state index contributed by atoms with van der Waals surface area (Å²) in [6.45, 7) is 0. The normalized spacial score (nSPS) is 11.3. The van der Waals surface area contributed by atoms with Crippen LogP contribution in [0.25, 0.3) is 111 Å². The number of nitrogens with zero attached hydrogens (tertiary/aromatic N) is 1. The Morgan fingerprint density at radius 2 is 0.583 bits per heavy atom. The van der Waals surface area contributed by atoms with Crippen molar-refractivity contribution in [2.45, 2.75) is 0 Å². The Labute approximate surface area is 420 Å². The van der Waals surface area contributed by atoms with Gasteiger partial charge in [0.05, 0.1) is 0 Å². The van der Waals surface area contributed by atoms with Crippen molar-refractivity contribution in [3.05, 3.63) is 285 Å². The monoisotopic (exact) mass is 917 g/mol. The molecule has 13 aromatic rings. The van der Waals surface area contributed by atoms with Gasteiger partial charge in [0.15, 0.2) is 0 Å². The predicted octanol–water partition coefficient (Wildman–Crippen LogP) is 19.9. The largest absolute Gasteiger partial charge is 0.455 e. The van der Waals surface area contributed by atoms with Crippen LogP contribution in [0.1, 0.15) is 0 Å². The van der Waals surface area contributed by atoms with E-state index in [0.717, 1.165) is 94.5 Å². The predicted molar refractivity (Wildman–Crippen MR) is 304 cm³/mol. The lowest BCUT2D eigenvalue weighted by atomic mass is 9.86. The summed E-state index contributed by atoms with van der Waals surface area (Å²) < 4.78 is 7.33. The SMILES string of the molecule is c1ccc(-c2ccc(N(c3ccc(-c4ccccc4)cc3)c3ccc(-c4cc5c6ccc(-c7ccccc7)cc6c6c(-c7ccccc7)c(-c7ccccc7)oc6c5cc4-c4ccccc4)cc3)cc2)cc1. The first-order valence-corrected chi connectivity index (χ1v) is 24.7. The fourth-order valence-electron chi connectivity index (χ4n) is 10.6. The molecular weight excluding hydrogens is 871 g/mol. The zero-order chi connectivity index (χ0) is 47.8. The number of hydrogen-bond acceptors (Lipinski definition) is 2. The highest BCUT2D eigenvalue weighted by Gasteiger charge is 2.25. The lowest BCUT2D eigenvalue weighted by Gasteiger charge is -2.26. The van der Waals surface area contributed by atoms with Crippen LogP contribution in [0.15, 0.2) is 290 Å². The van der Waals surface area contributed by atoms with Gasteiger partial charge in [0.2, 0.25) is 0 Å². The lowest BCUT2D eigenvalue weighted by molar-refractivity contribution is 0.636. The van der Waals surface area contributed by atoms with Crippen LogP contribution < -0.4 is 4.90 Å². The third-order valence-corrected chi connectivity index (χ3v) is 14.1. The Morgan fingerprint density at radius 1 is 0.236 bits per heavy atom. The molecule has 12 aromatic carbocycles. The Balaban J connectivity index is 1.02. The van der Waals surface area contributed by atoms with Crippen LogP contribution in [0.3, 0.4) is 0 Å². The van der Waals surface area contributed by atoms with Gasteiger partial charge < -0.3 is 9.32 Å². The van der Waals surface area contributed by atoms with Crippen LogP contribution in [0.2, 0.25) is 0 Å². The van der Waals surface area contributed by atoms with Crippen molar-refractivity contribution in [1.29, 1.82) is 0 Å². The molecule has 0 spiro atoms. The minimum atomic E-state index is 0.866. The molecule has 13 rings (SSSR count). The number of fused-ring (bicyclic) bond motifs is 6. The number of anilines is 3. The van der Waals surface area contributed by atoms with Crippen LogP contribution in [0.4, 0.5) is 17.1 Å². The van der Waals surface area contributed by atoms with Gasteiger partial charge >= 0.3 is 0 Å². The zero-order valence-corrected chi connectivity index (χ0v) is 39.5. The summed E-state index contributed by atoms with van der Waals surface area (Å²) in [5, 5.41) is 5.67. The quantitative estimate of drug-likeness (QED) is 0.127. The standard InChI is InChI=1S/C70H47NO/c1-7-19-48(20-8-1)51-31-38-58(39-32-51)71(59-40-33-52(34-41-59)49-21-9-2-10-22-49)60-42-35-54(36-43-60)62-46-64-61-44-37-57(50-23-11-3-12-24-50)45-65(61)68-67(55-27-15-5-16-28-55)69(56-29-17-6-18-30-56)72-70(68)66(64)47-63(62)53-25-13-4-14-26-53/h1-47H. The summed E-state index contributed by atoms with van der Waals surface area (Å²) in [5.41, 5.74) is 19.0. The van der Waals surface area contributed by atoms with Crippen LogP contribution in [-0.4, -0.2) is 0 Å². The third-order valence-electron chi connectivity index (χ3n) is 14.1. The highest BCUT2D eigenvalue weighted by Crippen LogP contribution is 2.50. The Hall–Kier alpha value is -9.50. The van der Waals surface area contributed by atoms with Crippen molar-refractivity contribution in [3.8, 4) is 78.1 Å². The second-order valence-corrected chi connectivity index (χ2v) is 18.4. The molecule has 0 saturated carbocycles. The maximum absolute atomic E-state index is 7.33. The molecule has 0 atom stereocenters. The number of benzene rings is 12. The third kappa shape index (κ3) is 7.82. The molecule has 0 saturated heterocycles. The minimum Gasteiger partial charge on any atom is -0.455 e. The van der Waals surface area contributed by atoms with Crippen molar-refractivity contribution in [1.82, 2.24) is 0 Å². The van der Waals surface area contributed by atoms with Gasteiger partial charge in [-0.05, 0) is 132 Å². The molecule has 2 heteroatoms. The summed E-state index contributed by atoms with van der Waals surface area (Å²) in [7, 11) is 0. The molecule has 0 unspecified atom stereocenters. The van der Waals surface area contributed by atoms with Crippen LogP contribution in [0, 0.1) is 0 Å². The maximum Gasteiger partial charge on any atom is 0.143 e. The smallest absolute Gasteiger partial charge is 0.143 e. The van der Waals surface area contributed by atoms with E-state index in [1.54, 1.807) is 0 Å². The van der Waals surface area contributed by atoms with Crippen molar-refractivity contribution < 1.29 is 4.42 Å². The van der Waals surface area contributed by atoms with Gasteiger partial charge in [-0.2, -0.15) is 0 Å². The Bertz CT molecular complexity index is 3920. The van der Waals surface area contributed by atoms with E-state index in [4.69, 9.17) is 4.42 Å². The van der Waals surface area contributed by atoms with Gasteiger partial charge in [-0.25, -0.2) is 0 Å². The van der Waals surface area contributed by atoms with E-state index in [0.29, 0.717) is 0 Å². The van der Waals surface area contributed by atoms with Gasteiger partial charge in [-0.1, -0.05) is 231 Å². The summed E-state index contributed by atoms with van der Waals surface area (Å²) in [4.78, 5) is 2.35. The van der Waals surface area contributed by atoms with E-state index < -0.39 is 0 Å². The van der Waals surface area contributed by atoms with Crippen molar-refractivity contribution in [2.75, 3.05) is 4.90 Å². The van der Waals surface area contributed by atoms with Gasteiger partial charge in [-0.15, -0.1) is 0 Å². The van der Waals surface area contributed by atoms with E-state index >= 15 is 0 Å². The van der Waals surface area contributed by atoms with Gasteiger partial charge in [-0.3, -0.25) is 0 Å². The molecule has 2 nitrogen and oxygen atoms in total. The van der Waals surface area contributed by atoms with Crippen LogP contribution in [-0.2, 0) is 0 Å². The molecule has 0 radical (unpaired) electrons.